The van der Waals surface area contributed by atoms with Crippen LogP contribution in [0.1, 0.15) is 51.4 Å². The van der Waals surface area contributed by atoms with Gasteiger partial charge in [0.2, 0.25) is 5.91 Å². The molecule has 1 atom stereocenters. The Labute approximate surface area is 127 Å². The van der Waals surface area contributed by atoms with Gasteiger partial charge in [0.05, 0.1) is 5.60 Å². The second-order valence-electron chi connectivity index (χ2n) is 8.52. The highest BCUT2D eigenvalue weighted by Gasteiger charge is 2.51. The molecule has 4 aliphatic carbocycles. The fourth-order valence-corrected chi connectivity index (χ4v) is 6.05. The van der Waals surface area contributed by atoms with Gasteiger partial charge in [0.1, 0.15) is 0 Å². The van der Waals surface area contributed by atoms with Crippen LogP contribution in [0.4, 0.5) is 0 Å². The lowest BCUT2D eigenvalue weighted by Crippen LogP contribution is -2.49. The maximum Gasteiger partial charge on any atom is 0.220 e. The first-order chi connectivity index (χ1) is 10.0. The van der Waals surface area contributed by atoms with Gasteiger partial charge in [-0.15, -0.1) is 0 Å². The lowest BCUT2D eigenvalue weighted by Gasteiger charge is -2.56. The maximum absolute atomic E-state index is 12.4. The Kier molecular flexibility index (Phi) is 3.30. The number of nitrogens with one attached hydrogen (secondary N) is 2. The van der Waals surface area contributed by atoms with E-state index in [-0.39, 0.29) is 5.91 Å². The first kappa shape index (κ1) is 14.0. The van der Waals surface area contributed by atoms with Crippen molar-refractivity contribution in [2.24, 2.45) is 23.2 Å². The zero-order valence-electron chi connectivity index (χ0n) is 12.9. The Balaban J connectivity index is 1.34. The van der Waals surface area contributed by atoms with E-state index in [1.54, 1.807) is 0 Å². The molecular formula is C17H28N2O2. The quantitative estimate of drug-likeness (QED) is 0.734. The smallest absolute Gasteiger partial charge is 0.220 e. The van der Waals surface area contributed by atoms with Gasteiger partial charge in [-0.3, -0.25) is 4.79 Å². The number of carbonyl (C=O) groups is 1. The van der Waals surface area contributed by atoms with E-state index in [0.29, 0.717) is 24.9 Å². The molecule has 4 bridgehead atoms. The molecule has 118 valence electrons. The predicted molar refractivity (Wildman–Crippen MR) is 80.7 cm³/mol. The van der Waals surface area contributed by atoms with Gasteiger partial charge in [0.25, 0.3) is 0 Å². The number of hydrogen-bond donors (Lipinski definition) is 3. The topological polar surface area (TPSA) is 61.4 Å². The van der Waals surface area contributed by atoms with Crippen molar-refractivity contribution in [2.45, 2.75) is 57.0 Å². The van der Waals surface area contributed by atoms with E-state index >= 15 is 0 Å². The van der Waals surface area contributed by atoms with E-state index in [9.17, 15) is 9.90 Å². The molecule has 5 rings (SSSR count). The summed E-state index contributed by atoms with van der Waals surface area (Å²) in [5.41, 5.74) is -0.424. The first-order valence-electron chi connectivity index (χ1n) is 8.74. The summed E-state index contributed by atoms with van der Waals surface area (Å²) in [6.07, 6.45) is 9.53. The summed E-state index contributed by atoms with van der Waals surface area (Å²) < 4.78 is 0. The van der Waals surface area contributed by atoms with Gasteiger partial charge in [-0.05, 0) is 74.7 Å². The van der Waals surface area contributed by atoms with Gasteiger partial charge < -0.3 is 15.7 Å². The molecule has 3 N–H and O–H groups in total. The third-order valence-corrected chi connectivity index (χ3v) is 6.54. The second kappa shape index (κ2) is 4.95. The van der Waals surface area contributed by atoms with E-state index in [4.69, 9.17) is 0 Å². The maximum atomic E-state index is 12.4. The molecule has 0 aromatic rings. The molecule has 21 heavy (non-hydrogen) atoms. The number of hydrogen-bond acceptors (Lipinski definition) is 3. The second-order valence-corrected chi connectivity index (χ2v) is 8.52. The van der Waals surface area contributed by atoms with Crippen molar-refractivity contribution >= 4 is 5.91 Å². The molecule has 1 saturated heterocycles. The van der Waals surface area contributed by atoms with E-state index in [0.717, 1.165) is 30.7 Å². The minimum atomic E-state index is -0.725. The van der Waals surface area contributed by atoms with Crippen molar-refractivity contribution in [2.75, 3.05) is 19.6 Å². The number of aliphatic hydroxyl groups is 1. The number of carbonyl (C=O) groups excluding carboxylic acids is 1. The third-order valence-electron chi connectivity index (χ3n) is 6.54. The van der Waals surface area contributed by atoms with Crippen molar-refractivity contribution < 1.29 is 9.90 Å². The van der Waals surface area contributed by atoms with E-state index in [1.165, 1.54) is 38.5 Å². The largest absolute Gasteiger partial charge is 0.387 e. The highest BCUT2D eigenvalue weighted by atomic mass is 16.3. The van der Waals surface area contributed by atoms with Gasteiger partial charge >= 0.3 is 0 Å². The molecular weight excluding hydrogens is 264 g/mol. The summed E-state index contributed by atoms with van der Waals surface area (Å²) in [4.78, 5) is 12.4. The highest BCUT2D eigenvalue weighted by Crippen LogP contribution is 2.61. The zero-order valence-corrected chi connectivity index (χ0v) is 12.9. The summed E-state index contributed by atoms with van der Waals surface area (Å²) in [6, 6.07) is 0. The fourth-order valence-electron chi connectivity index (χ4n) is 6.05. The number of β-amino-alcohol motifs (C(OH)–C–C–N with tert-alkyl or cyclic N) is 1. The molecule has 5 aliphatic rings. The zero-order chi connectivity index (χ0) is 14.5. The Morgan fingerprint density at radius 2 is 1.76 bits per heavy atom. The van der Waals surface area contributed by atoms with Crippen LogP contribution < -0.4 is 10.6 Å². The summed E-state index contributed by atoms with van der Waals surface area (Å²) in [6.45, 7) is 1.86. The van der Waals surface area contributed by atoms with Gasteiger partial charge in [-0.25, -0.2) is 0 Å². The molecule has 1 amide bonds. The summed E-state index contributed by atoms with van der Waals surface area (Å²) >= 11 is 0. The molecule has 4 saturated carbocycles. The Hall–Kier alpha value is -0.610. The predicted octanol–water partition coefficient (Wildman–Crippen LogP) is 1.43. The molecule has 1 unspecified atom stereocenters. The van der Waals surface area contributed by atoms with Crippen molar-refractivity contribution in [3.05, 3.63) is 0 Å². The summed E-state index contributed by atoms with van der Waals surface area (Å²) in [7, 11) is 0. The van der Waals surface area contributed by atoms with Crippen LogP contribution in [0.2, 0.25) is 0 Å². The van der Waals surface area contributed by atoms with Gasteiger partial charge in [-0.2, -0.15) is 0 Å². The van der Waals surface area contributed by atoms with E-state index in [2.05, 4.69) is 10.6 Å². The number of amides is 1. The van der Waals surface area contributed by atoms with E-state index < -0.39 is 5.60 Å². The molecule has 4 nitrogen and oxygen atoms in total. The number of rotatable bonds is 4. The lowest BCUT2D eigenvalue weighted by molar-refractivity contribution is -0.130. The molecule has 1 heterocycles. The van der Waals surface area contributed by atoms with E-state index in [1.807, 2.05) is 0 Å². The van der Waals surface area contributed by atoms with Crippen LogP contribution in [-0.4, -0.2) is 36.2 Å². The van der Waals surface area contributed by atoms with Crippen molar-refractivity contribution in [1.29, 1.82) is 0 Å². The SMILES string of the molecule is O=C(CC12CC3CC(CC(C3)C1)C2)NCC1(O)CCNC1. The average Bonchev–Trinajstić information content (AvgIpc) is 2.82. The van der Waals surface area contributed by atoms with Crippen molar-refractivity contribution in [1.82, 2.24) is 10.6 Å². The lowest BCUT2D eigenvalue weighted by atomic mass is 9.49. The van der Waals surface area contributed by atoms with Crippen LogP contribution in [0, 0.1) is 23.2 Å². The molecule has 5 fully saturated rings. The van der Waals surface area contributed by atoms with Crippen molar-refractivity contribution in [3.63, 3.8) is 0 Å². The minimum absolute atomic E-state index is 0.164. The van der Waals surface area contributed by atoms with Gasteiger partial charge in [-0.1, -0.05) is 0 Å². The van der Waals surface area contributed by atoms with Crippen LogP contribution in [0.15, 0.2) is 0 Å². The highest BCUT2D eigenvalue weighted by molar-refractivity contribution is 5.76. The average molecular weight is 292 g/mol. The Morgan fingerprint density at radius 1 is 1.14 bits per heavy atom. The Bertz CT molecular complexity index is 393. The monoisotopic (exact) mass is 292 g/mol. The molecule has 0 aromatic heterocycles. The van der Waals surface area contributed by atoms with Crippen LogP contribution >= 0.6 is 0 Å². The molecule has 0 aromatic carbocycles. The Morgan fingerprint density at radius 3 is 2.29 bits per heavy atom. The van der Waals surface area contributed by atoms with Crippen molar-refractivity contribution in [3.8, 4) is 0 Å². The fraction of sp³-hybridized carbons (Fsp3) is 0.941. The minimum Gasteiger partial charge on any atom is -0.387 e. The summed E-state index contributed by atoms with van der Waals surface area (Å²) in [5, 5.41) is 16.5. The van der Waals surface area contributed by atoms with Gasteiger partial charge in [0, 0.05) is 19.5 Å². The molecule has 0 radical (unpaired) electrons. The third kappa shape index (κ3) is 2.72. The first-order valence-corrected chi connectivity index (χ1v) is 8.74. The normalized spacial score (nSPS) is 47.8. The van der Waals surface area contributed by atoms with Crippen LogP contribution in [-0.2, 0) is 4.79 Å². The molecule has 4 heteroatoms. The van der Waals surface area contributed by atoms with Gasteiger partial charge in [0.15, 0.2) is 0 Å². The molecule has 1 aliphatic heterocycles. The van der Waals surface area contributed by atoms with Crippen LogP contribution in [0.5, 0.6) is 0 Å². The molecule has 0 spiro atoms. The standard InChI is InChI=1S/C17H28N2O2/c20-15(19-11-17(21)1-2-18-10-17)9-16-6-12-3-13(7-16)5-14(4-12)8-16/h12-14,18,21H,1-11H2,(H,19,20). The van der Waals surface area contributed by atoms with Crippen LogP contribution in [0.25, 0.3) is 0 Å². The summed E-state index contributed by atoms with van der Waals surface area (Å²) in [5.74, 6) is 2.85. The van der Waals surface area contributed by atoms with Crippen LogP contribution in [0.3, 0.4) is 0 Å².